The maximum atomic E-state index is 12.3. The summed E-state index contributed by atoms with van der Waals surface area (Å²) >= 11 is 1.47. The van der Waals surface area contributed by atoms with Gasteiger partial charge in [-0.3, -0.25) is 5.32 Å². The lowest BCUT2D eigenvalue weighted by molar-refractivity contribution is 0.0599. The van der Waals surface area contributed by atoms with Crippen LogP contribution in [0.25, 0.3) is 20.8 Å². The zero-order valence-electron chi connectivity index (χ0n) is 14.0. The maximum absolute atomic E-state index is 12.3. The van der Waals surface area contributed by atoms with Crippen molar-refractivity contribution in [1.82, 2.24) is 15.0 Å². The third-order valence-electron chi connectivity index (χ3n) is 3.77. The van der Waals surface area contributed by atoms with Crippen LogP contribution in [-0.2, 0) is 4.74 Å². The molecule has 8 heteroatoms. The normalized spacial score (nSPS) is 10.8. The predicted molar refractivity (Wildman–Crippen MR) is 98.7 cm³/mol. The zero-order valence-corrected chi connectivity index (χ0v) is 14.8. The summed E-state index contributed by atoms with van der Waals surface area (Å²) in [6.07, 6.45) is 3.23. The highest BCUT2D eigenvalue weighted by Crippen LogP contribution is 2.41. The fourth-order valence-electron chi connectivity index (χ4n) is 2.63. The first-order chi connectivity index (χ1) is 12.7. The Kier molecular flexibility index (Phi) is 4.10. The Morgan fingerprint density at radius 2 is 1.96 bits per heavy atom. The maximum Gasteiger partial charge on any atom is 0.342 e. The van der Waals surface area contributed by atoms with E-state index in [9.17, 15) is 4.79 Å². The number of hydrogen-bond acceptors (Lipinski definition) is 8. The quantitative estimate of drug-likeness (QED) is 0.542. The van der Waals surface area contributed by atoms with Crippen LogP contribution in [-0.4, -0.2) is 28.0 Å². The van der Waals surface area contributed by atoms with Crippen molar-refractivity contribution in [2.45, 2.75) is 6.92 Å². The van der Waals surface area contributed by atoms with Gasteiger partial charge in [0.25, 0.3) is 0 Å². The molecule has 4 aromatic rings. The first-order valence-corrected chi connectivity index (χ1v) is 8.60. The average molecular weight is 366 g/mol. The second-order valence-electron chi connectivity index (χ2n) is 5.41. The minimum atomic E-state index is -0.484. The molecule has 0 radical (unpaired) electrons. The van der Waals surface area contributed by atoms with Gasteiger partial charge in [0, 0.05) is 12.4 Å². The van der Waals surface area contributed by atoms with E-state index in [2.05, 4.69) is 20.3 Å². The number of nitrogens with zero attached hydrogens (tertiary/aromatic N) is 3. The Morgan fingerprint density at radius 3 is 2.69 bits per heavy atom. The van der Waals surface area contributed by atoms with Crippen molar-refractivity contribution in [3.05, 3.63) is 54.0 Å². The molecule has 0 unspecified atom stereocenters. The molecule has 26 heavy (non-hydrogen) atoms. The summed E-state index contributed by atoms with van der Waals surface area (Å²) in [7, 11) is 1.34. The highest BCUT2D eigenvalue weighted by Gasteiger charge is 2.28. The van der Waals surface area contributed by atoms with E-state index in [1.807, 2.05) is 24.3 Å². The van der Waals surface area contributed by atoms with Crippen molar-refractivity contribution >= 4 is 39.4 Å². The van der Waals surface area contributed by atoms with Gasteiger partial charge < -0.3 is 9.15 Å². The number of thiazole rings is 1. The molecule has 0 amide bonds. The van der Waals surface area contributed by atoms with Crippen LogP contribution < -0.4 is 5.32 Å². The fraction of sp³-hybridized carbons (Fsp3) is 0.111. The molecule has 130 valence electrons. The minimum absolute atomic E-state index is 0.338. The van der Waals surface area contributed by atoms with E-state index in [1.54, 1.807) is 25.4 Å². The Morgan fingerprint density at radius 1 is 1.19 bits per heavy atom. The molecule has 0 aliphatic heterocycles. The summed E-state index contributed by atoms with van der Waals surface area (Å²) in [5.74, 6) is 0.667. The van der Waals surface area contributed by atoms with E-state index in [0.717, 1.165) is 10.2 Å². The van der Waals surface area contributed by atoms with Crippen LogP contribution in [0.3, 0.4) is 0 Å². The van der Waals surface area contributed by atoms with Gasteiger partial charge in [-0.25, -0.2) is 19.7 Å². The van der Waals surface area contributed by atoms with E-state index in [4.69, 9.17) is 9.15 Å². The van der Waals surface area contributed by atoms with E-state index < -0.39 is 5.97 Å². The molecule has 1 aromatic carbocycles. The van der Waals surface area contributed by atoms with Crippen molar-refractivity contribution in [3.8, 4) is 10.6 Å². The summed E-state index contributed by atoms with van der Waals surface area (Å²) in [4.78, 5) is 25.3. The molecule has 0 atom stereocenters. The zero-order chi connectivity index (χ0) is 18.1. The molecular weight excluding hydrogens is 352 g/mol. The monoisotopic (exact) mass is 366 g/mol. The van der Waals surface area contributed by atoms with Crippen molar-refractivity contribution in [2.24, 2.45) is 0 Å². The average Bonchev–Trinajstić information content (AvgIpc) is 3.22. The molecular formula is C18H14N4O3S. The number of carbonyl (C=O) groups excluding carboxylic acids is 1. The third-order valence-corrected chi connectivity index (χ3v) is 4.83. The molecule has 0 aliphatic rings. The van der Waals surface area contributed by atoms with Crippen LogP contribution in [0.5, 0.6) is 0 Å². The second kappa shape index (κ2) is 6.57. The Hall–Kier alpha value is -3.26. The van der Waals surface area contributed by atoms with Gasteiger partial charge in [-0.05, 0) is 25.1 Å². The van der Waals surface area contributed by atoms with Gasteiger partial charge in [0.1, 0.15) is 16.3 Å². The summed E-state index contributed by atoms with van der Waals surface area (Å²) in [6.45, 7) is 1.71. The van der Waals surface area contributed by atoms with Gasteiger partial charge in [0.2, 0.25) is 11.8 Å². The molecule has 7 nitrogen and oxygen atoms in total. The van der Waals surface area contributed by atoms with Crippen LogP contribution in [0.1, 0.15) is 16.1 Å². The highest BCUT2D eigenvalue weighted by molar-refractivity contribution is 7.21. The van der Waals surface area contributed by atoms with Crippen LogP contribution in [0.4, 0.5) is 11.8 Å². The number of para-hydroxylation sites is 1. The SMILES string of the molecule is COC(=O)c1c(C)oc(Nc2ncccn2)c1-c1nc2ccccc2s1. The molecule has 1 N–H and O–H groups in total. The summed E-state index contributed by atoms with van der Waals surface area (Å²) in [6, 6.07) is 9.49. The minimum Gasteiger partial charge on any atom is -0.465 e. The highest BCUT2D eigenvalue weighted by atomic mass is 32.1. The number of hydrogen-bond donors (Lipinski definition) is 1. The number of carbonyl (C=O) groups is 1. The van der Waals surface area contributed by atoms with E-state index in [0.29, 0.717) is 33.7 Å². The Bertz CT molecular complexity index is 1060. The Labute approximate surface area is 152 Å². The number of ether oxygens (including phenoxy) is 1. The topological polar surface area (TPSA) is 90.1 Å². The number of aromatic nitrogens is 3. The first kappa shape index (κ1) is 16.2. The van der Waals surface area contributed by atoms with Gasteiger partial charge in [0.15, 0.2) is 0 Å². The molecule has 0 spiro atoms. The molecule has 0 bridgehead atoms. The number of benzene rings is 1. The number of nitrogens with one attached hydrogen (secondary N) is 1. The van der Waals surface area contributed by atoms with Crippen molar-refractivity contribution < 1.29 is 13.9 Å². The summed E-state index contributed by atoms with van der Waals surface area (Å²) in [5.41, 5.74) is 1.73. The molecule has 0 fully saturated rings. The van der Waals surface area contributed by atoms with E-state index in [-0.39, 0.29) is 0 Å². The van der Waals surface area contributed by atoms with Gasteiger partial charge in [-0.1, -0.05) is 12.1 Å². The smallest absolute Gasteiger partial charge is 0.342 e. The van der Waals surface area contributed by atoms with Crippen LogP contribution in [0.15, 0.2) is 47.1 Å². The third kappa shape index (κ3) is 2.80. The van der Waals surface area contributed by atoms with Gasteiger partial charge in [0.05, 0.1) is 22.9 Å². The lowest BCUT2D eigenvalue weighted by atomic mass is 10.1. The molecule has 4 rings (SSSR count). The number of esters is 1. The van der Waals surface area contributed by atoms with Gasteiger partial charge in [-0.15, -0.1) is 11.3 Å². The number of aryl methyl sites for hydroxylation is 1. The summed E-state index contributed by atoms with van der Waals surface area (Å²) < 4.78 is 11.7. The second-order valence-corrected chi connectivity index (χ2v) is 6.44. The molecule has 0 aliphatic carbocycles. The Balaban J connectivity index is 1.90. The van der Waals surface area contributed by atoms with Crippen molar-refractivity contribution in [2.75, 3.05) is 12.4 Å². The van der Waals surface area contributed by atoms with E-state index in [1.165, 1.54) is 18.4 Å². The molecule has 3 heterocycles. The lowest BCUT2D eigenvalue weighted by Crippen LogP contribution is -2.04. The van der Waals surface area contributed by atoms with Crippen molar-refractivity contribution in [3.63, 3.8) is 0 Å². The van der Waals surface area contributed by atoms with Gasteiger partial charge >= 0.3 is 5.97 Å². The largest absolute Gasteiger partial charge is 0.465 e. The van der Waals surface area contributed by atoms with Crippen LogP contribution in [0, 0.1) is 6.92 Å². The number of furan rings is 1. The number of methoxy groups -OCH3 is 1. The molecule has 0 saturated heterocycles. The first-order valence-electron chi connectivity index (χ1n) is 7.79. The number of fused-ring (bicyclic) bond motifs is 1. The fourth-order valence-corrected chi connectivity index (χ4v) is 3.64. The summed E-state index contributed by atoms with van der Waals surface area (Å²) in [5, 5.41) is 3.68. The lowest BCUT2D eigenvalue weighted by Gasteiger charge is -2.03. The van der Waals surface area contributed by atoms with Gasteiger partial charge in [-0.2, -0.15) is 0 Å². The number of rotatable bonds is 4. The van der Waals surface area contributed by atoms with E-state index >= 15 is 0 Å². The number of anilines is 2. The molecule has 3 aromatic heterocycles. The van der Waals surface area contributed by atoms with Crippen LogP contribution in [0.2, 0.25) is 0 Å². The standard InChI is InChI=1S/C18H14N4O3S/c1-10-13(17(23)24-2)14(15(25-10)22-18-19-8-5-9-20-18)16-21-11-6-3-4-7-12(11)26-16/h3-9H,1-2H3,(H,19,20,22). The predicted octanol–water partition coefficient (Wildman–Crippen LogP) is 4.18. The molecule has 0 saturated carbocycles. The van der Waals surface area contributed by atoms with Crippen LogP contribution >= 0.6 is 11.3 Å². The van der Waals surface area contributed by atoms with Crippen molar-refractivity contribution in [1.29, 1.82) is 0 Å².